The molecule has 0 amide bonds. The quantitative estimate of drug-likeness (QED) is 0.242. The number of hydrogen-bond donors (Lipinski definition) is 1. The SMILES string of the molecule is Sc1ccc2cc3cc4cc5ccccc5cc4cc3cc2c1. The molecule has 0 nitrogen and oxygen atoms in total. The third-order valence-electron chi connectivity index (χ3n) is 4.60. The zero-order chi connectivity index (χ0) is 15.4. The van der Waals surface area contributed by atoms with Gasteiger partial charge in [0, 0.05) is 4.90 Å². The van der Waals surface area contributed by atoms with Crippen molar-refractivity contribution in [3.8, 4) is 0 Å². The fourth-order valence-electron chi connectivity index (χ4n) is 3.43. The Bertz CT molecular complexity index is 1220. The number of thiol groups is 1. The second kappa shape index (κ2) is 4.74. The van der Waals surface area contributed by atoms with E-state index in [4.69, 9.17) is 0 Å². The first kappa shape index (κ1) is 13.0. The van der Waals surface area contributed by atoms with Crippen LogP contribution in [0.1, 0.15) is 0 Å². The van der Waals surface area contributed by atoms with E-state index in [9.17, 15) is 0 Å². The van der Waals surface area contributed by atoms with E-state index >= 15 is 0 Å². The maximum Gasteiger partial charge on any atom is 0.00463 e. The van der Waals surface area contributed by atoms with Crippen LogP contribution in [0, 0.1) is 0 Å². The van der Waals surface area contributed by atoms with Gasteiger partial charge in [0.15, 0.2) is 0 Å². The van der Waals surface area contributed by atoms with Crippen molar-refractivity contribution in [3.63, 3.8) is 0 Å². The van der Waals surface area contributed by atoms with Crippen LogP contribution < -0.4 is 0 Å². The zero-order valence-electron chi connectivity index (χ0n) is 12.5. The molecule has 5 aromatic rings. The average molecular weight is 310 g/mol. The average Bonchev–Trinajstić information content (AvgIpc) is 2.56. The van der Waals surface area contributed by atoms with Crippen molar-refractivity contribution >= 4 is 55.7 Å². The second-order valence-electron chi connectivity index (χ2n) is 6.13. The summed E-state index contributed by atoms with van der Waals surface area (Å²) in [7, 11) is 0. The van der Waals surface area contributed by atoms with Crippen molar-refractivity contribution in [1.82, 2.24) is 0 Å². The van der Waals surface area contributed by atoms with E-state index < -0.39 is 0 Å². The van der Waals surface area contributed by atoms with Crippen LogP contribution in [0.15, 0.2) is 83.8 Å². The molecule has 23 heavy (non-hydrogen) atoms. The van der Waals surface area contributed by atoms with Crippen LogP contribution in [-0.2, 0) is 0 Å². The number of fused-ring (bicyclic) bond motifs is 4. The lowest BCUT2D eigenvalue weighted by molar-refractivity contribution is 1.53. The van der Waals surface area contributed by atoms with Crippen molar-refractivity contribution in [2.45, 2.75) is 4.90 Å². The Morgan fingerprint density at radius 3 is 1.30 bits per heavy atom. The molecule has 5 rings (SSSR count). The molecule has 0 aliphatic carbocycles. The molecule has 0 unspecified atom stereocenters. The molecule has 5 aromatic carbocycles. The Morgan fingerprint density at radius 1 is 0.391 bits per heavy atom. The minimum absolute atomic E-state index is 1.00. The Morgan fingerprint density at radius 2 is 0.783 bits per heavy atom. The van der Waals surface area contributed by atoms with Gasteiger partial charge in [-0.1, -0.05) is 30.3 Å². The highest BCUT2D eigenvalue weighted by atomic mass is 32.1. The highest BCUT2D eigenvalue weighted by Gasteiger charge is 2.03. The van der Waals surface area contributed by atoms with Crippen LogP contribution in [0.25, 0.3) is 43.1 Å². The molecule has 1 heteroatoms. The molecule has 0 radical (unpaired) electrons. The van der Waals surface area contributed by atoms with Crippen molar-refractivity contribution < 1.29 is 0 Å². The van der Waals surface area contributed by atoms with Gasteiger partial charge >= 0.3 is 0 Å². The fourth-order valence-corrected chi connectivity index (χ4v) is 3.64. The molecule has 0 fully saturated rings. The molecule has 0 N–H and O–H groups in total. The van der Waals surface area contributed by atoms with Crippen LogP contribution in [0.4, 0.5) is 0 Å². The smallest absolute Gasteiger partial charge is 0.00463 e. The van der Waals surface area contributed by atoms with Gasteiger partial charge in [0.05, 0.1) is 0 Å². The van der Waals surface area contributed by atoms with E-state index in [0.717, 1.165) is 4.90 Å². The molecule has 0 aliphatic rings. The van der Waals surface area contributed by atoms with Crippen LogP contribution in [0.5, 0.6) is 0 Å². The largest absolute Gasteiger partial charge is 0.143 e. The minimum atomic E-state index is 1.00. The first-order valence-corrected chi connectivity index (χ1v) is 8.20. The third kappa shape index (κ3) is 2.08. The van der Waals surface area contributed by atoms with Crippen LogP contribution >= 0.6 is 12.6 Å². The maximum absolute atomic E-state index is 4.45. The number of benzene rings is 5. The van der Waals surface area contributed by atoms with E-state index in [1.807, 2.05) is 6.07 Å². The van der Waals surface area contributed by atoms with Crippen molar-refractivity contribution in [3.05, 3.63) is 78.9 Å². The van der Waals surface area contributed by atoms with Gasteiger partial charge in [-0.05, 0) is 91.6 Å². The van der Waals surface area contributed by atoms with E-state index in [-0.39, 0.29) is 0 Å². The normalized spacial score (nSPS) is 11.7. The lowest BCUT2D eigenvalue weighted by Gasteiger charge is -2.07. The van der Waals surface area contributed by atoms with Gasteiger partial charge in [-0.25, -0.2) is 0 Å². The molecular weight excluding hydrogens is 296 g/mol. The van der Waals surface area contributed by atoms with Crippen molar-refractivity contribution in [1.29, 1.82) is 0 Å². The van der Waals surface area contributed by atoms with Crippen LogP contribution in [0.3, 0.4) is 0 Å². The van der Waals surface area contributed by atoms with E-state index in [1.54, 1.807) is 0 Å². The highest BCUT2D eigenvalue weighted by Crippen LogP contribution is 2.30. The summed E-state index contributed by atoms with van der Waals surface area (Å²) in [4.78, 5) is 1.00. The zero-order valence-corrected chi connectivity index (χ0v) is 13.3. The highest BCUT2D eigenvalue weighted by molar-refractivity contribution is 7.80. The standard InChI is InChI=1S/C22H14S/c23-22-6-5-16-9-19-10-17-7-14-3-1-2-4-15(14)8-18(17)11-20(19)12-21(16)13-22/h1-13,23H. The fraction of sp³-hybridized carbons (Fsp3) is 0. The molecule has 0 spiro atoms. The first-order chi connectivity index (χ1) is 11.3. The monoisotopic (exact) mass is 310 g/mol. The lowest BCUT2D eigenvalue weighted by atomic mass is 9.97. The third-order valence-corrected chi connectivity index (χ3v) is 4.88. The Kier molecular flexibility index (Phi) is 2.67. The molecule has 108 valence electrons. The Balaban J connectivity index is 1.90. The molecule has 0 bridgehead atoms. The summed E-state index contributed by atoms with van der Waals surface area (Å²) in [6.07, 6.45) is 0. The van der Waals surface area contributed by atoms with Crippen LogP contribution in [0.2, 0.25) is 0 Å². The van der Waals surface area contributed by atoms with Gasteiger partial charge in [0.2, 0.25) is 0 Å². The first-order valence-electron chi connectivity index (χ1n) is 7.75. The topological polar surface area (TPSA) is 0 Å². The molecule has 0 aromatic heterocycles. The summed E-state index contributed by atoms with van der Waals surface area (Å²) in [5.74, 6) is 0. The van der Waals surface area contributed by atoms with E-state index in [1.165, 1.54) is 43.1 Å². The predicted octanol–water partition coefficient (Wildman–Crippen LogP) is 6.59. The molecule has 0 aliphatic heterocycles. The molecule has 0 heterocycles. The Hall–Kier alpha value is -2.51. The van der Waals surface area contributed by atoms with Gasteiger partial charge in [0.1, 0.15) is 0 Å². The second-order valence-corrected chi connectivity index (χ2v) is 6.65. The van der Waals surface area contributed by atoms with Gasteiger partial charge in [0.25, 0.3) is 0 Å². The van der Waals surface area contributed by atoms with Crippen molar-refractivity contribution in [2.75, 3.05) is 0 Å². The van der Waals surface area contributed by atoms with E-state index in [0.29, 0.717) is 0 Å². The number of rotatable bonds is 0. The number of hydrogen-bond acceptors (Lipinski definition) is 1. The lowest BCUT2D eigenvalue weighted by Crippen LogP contribution is -1.80. The Labute approximate surface area is 139 Å². The van der Waals surface area contributed by atoms with Gasteiger partial charge in [-0.15, -0.1) is 12.6 Å². The summed E-state index contributed by atoms with van der Waals surface area (Å²) in [5, 5.41) is 10.2. The minimum Gasteiger partial charge on any atom is -0.143 e. The summed E-state index contributed by atoms with van der Waals surface area (Å²) >= 11 is 4.45. The van der Waals surface area contributed by atoms with E-state index in [2.05, 4.69) is 85.4 Å². The van der Waals surface area contributed by atoms with Crippen LogP contribution in [-0.4, -0.2) is 0 Å². The predicted molar refractivity (Wildman–Crippen MR) is 104 cm³/mol. The maximum atomic E-state index is 4.45. The summed E-state index contributed by atoms with van der Waals surface area (Å²) in [6, 6.07) is 28.5. The molecular formula is C22H14S. The van der Waals surface area contributed by atoms with Gasteiger partial charge < -0.3 is 0 Å². The van der Waals surface area contributed by atoms with Gasteiger partial charge in [-0.3, -0.25) is 0 Å². The molecule has 0 atom stereocenters. The summed E-state index contributed by atoms with van der Waals surface area (Å²) < 4.78 is 0. The van der Waals surface area contributed by atoms with Crippen molar-refractivity contribution in [2.24, 2.45) is 0 Å². The molecule has 0 saturated heterocycles. The molecule has 0 saturated carbocycles. The summed E-state index contributed by atoms with van der Waals surface area (Å²) in [5.41, 5.74) is 0. The summed E-state index contributed by atoms with van der Waals surface area (Å²) in [6.45, 7) is 0. The van der Waals surface area contributed by atoms with Gasteiger partial charge in [-0.2, -0.15) is 0 Å².